The number of amides is 1. The summed E-state index contributed by atoms with van der Waals surface area (Å²) in [6, 6.07) is 7.28. The number of rotatable bonds is 2. The van der Waals surface area contributed by atoms with E-state index in [-0.39, 0.29) is 6.54 Å². The SMILES string of the molecule is CC(C)(C)OC(=O)NCC#Cc1cccc(N=C=S)c1. The van der Waals surface area contributed by atoms with Crippen molar-refractivity contribution >= 4 is 29.2 Å². The Bertz CT molecular complexity index is 588. The maximum Gasteiger partial charge on any atom is 0.408 e. The molecule has 0 radical (unpaired) electrons. The molecule has 0 aromatic heterocycles. The van der Waals surface area contributed by atoms with Crippen LogP contribution >= 0.6 is 12.2 Å². The van der Waals surface area contributed by atoms with Crippen LogP contribution in [0.1, 0.15) is 26.3 Å². The molecule has 1 rings (SSSR count). The molecule has 20 heavy (non-hydrogen) atoms. The summed E-state index contributed by atoms with van der Waals surface area (Å²) in [5.74, 6) is 5.76. The molecule has 1 N–H and O–H groups in total. The molecule has 1 aromatic rings. The van der Waals surface area contributed by atoms with Gasteiger partial charge >= 0.3 is 6.09 Å². The molecular formula is C15H16N2O2S. The minimum atomic E-state index is -0.509. The molecule has 104 valence electrons. The molecular weight excluding hydrogens is 272 g/mol. The number of carbonyl (C=O) groups is 1. The molecule has 1 aromatic carbocycles. The fourth-order valence-electron chi connectivity index (χ4n) is 1.28. The number of hydrogen-bond donors (Lipinski definition) is 1. The van der Waals surface area contributed by atoms with Crippen molar-refractivity contribution in [3.8, 4) is 11.8 Å². The van der Waals surface area contributed by atoms with Gasteiger partial charge in [-0.15, -0.1) is 0 Å². The second-order valence-electron chi connectivity index (χ2n) is 4.91. The Morgan fingerprint density at radius 3 is 2.85 bits per heavy atom. The molecule has 0 unspecified atom stereocenters. The number of nitrogens with one attached hydrogen (secondary N) is 1. The standard InChI is InChI=1S/C15H16N2O2S/c1-15(2,3)19-14(18)16-9-5-7-12-6-4-8-13(10-12)17-11-20/h4,6,8,10H,9H2,1-3H3,(H,16,18). The quantitative estimate of drug-likeness (QED) is 0.516. The predicted octanol–water partition coefficient (Wildman–Crippen LogP) is 3.30. The first-order valence-electron chi connectivity index (χ1n) is 6.04. The van der Waals surface area contributed by atoms with Crippen molar-refractivity contribution in [2.45, 2.75) is 26.4 Å². The fraction of sp³-hybridized carbons (Fsp3) is 0.333. The number of ether oxygens (including phenoxy) is 1. The summed E-state index contributed by atoms with van der Waals surface area (Å²) in [5.41, 5.74) is 0.985. The largest absolute Gasteiger partial charge is 0.444 e. The average Bonchev–Trinajstić information content (AvgIpc) is 2.33. The highest BCUT2D eigenvalue weighted by Crippen LogP contribution is 2.12. The lowest BCUT2D eigenvalue weighted by molar-refractivity contribution is 0.0535. The van der Waals surface area contributed by atoms with Gasteiger partial charge in [0, 0.05) is 5.56 Å². The Balaban J connectivity index is 2.53. The van der Waals surface area contributed by atoms with Crippen LogP contribution in [-0.2, 0) is 4.74 Å². The lowest BCUT2D eigenvalue weighted by Crippen LogP contribution is -2.32. The number of benzene rings is 1. The van der Waals surface area contributed by atoms with Crippen molar-refractivity contribution in [1.82, 2.24) is 5.32 Å². The van der Waals surface area contributed by atoms with Crippen molar-refractivity contribution in [3.63, 3.8) is 0 Å². The van der Waals surface area contributed by atoms with E-state index in [2.05, 4.69) is 39.5 Å². The number of isothiocyanates is 1. The van der Waals surface area contributed by atoms with E-state index in [9.17, 15) is 4.79 Å². The summed E-state index contributed by atoms with van der Waals surface area (Å²) in [5, 5.41) is 4.86. The zero-order valence-electron chi connectivity index (χ0n) is 11.7. The predicted molar refractivity (Wildman–Crippen MR) is 82.2 cm³/mol. The van der Waals surface area contributed by atoms with E-state index < -0.39 is 11.7 Å². The van der Waals surface area contributed by atoms with Gasteiger partial charge in [0.25, 0.3) is 0 Å². The molecule has 0 saturated carbocycles. The Morgan fingerprint density at radius 1 is 1.45 bits per heavy atom. The third-order valence-corrected chi connectivity index (χ3v) is 2.06. The molecule has 0 spiro atoms. The summed E-state index contributed by atoms with van der Waals surface area (Å²) in [6.07, 6.45) is -0.481. The Morgan fingerprint density at radius 2 is 2.20 bits per heavy atom. The van der Waals surface area contributed by atoms with E-state index in [0.717, 1.165) is 5.56 Å². The van der Waals surface area contributed by atoms with E-state index in [1.807, 2.05) is 18.2 Å². The molecule has 1 amide bonds. The zero-order chi connectivity index (χ0) is 15.0. The second-order valence-corrected chi connectivity index (χ2v) is 5.09. The Kier molecular flexibility index (Phi) is 5.92. The van der Waals surface area contributed by atoms with Crippen molar-refractivity contribution in [1.29, 1.82) is 0 Å². The molecule has 4 nitrogen and oxygen atoms in total. The third-order valence-electron chi connectivity index (χ3n) is 1.97. The summed E-state index contributed by atoms with van der Waals surface area (Å²) in [6.45, 7) is 5.64. The lowest BCUT2D eigenvalue weighted by atomic mass is 10.2. The normalized spacial score (nSPS) is 9.75. The van der Waals surface area contributed by atoms with Gasteiger partial charge in [-0.25, -0.2) is 4.79 Å². The van der Waals surface area contributed by atoms with Crippen LogP contribution in [0.15, 0.2) is 29.3 Å². The first kappa shape index (κ1) is 15.9. The molecule has 0 aliphatic rings. The van der Waals surface area contributed by atoms with Crippen LogP contribution in [0.4, 0.5) is 10.5 Å². The summed E-state index contributed by atoms with van der Waals surface area (Å²) >= 11 is 4.54. The topological polar surface area (TPSA) is 50.7 Å². The molecule has 0 aliphatic carbocycles. The number of alkyl carbamates (subject to hydrolysis) is 1. The molecule has 0 saturated heterocycles. The summed E-state index contributed by atoms with van der Waals surface area (Å²) in [4.78, 5) is 15.2. The molecule has 0 fully saturated rings. The van der Waals surface area contributed by atoms with Gasteiger partial charge < -0.3 is 10.1 Å². The number of nitrogens with zero attached hydrogens (tertiary/aromatic N) is 1. The van der Waals surface area contributed by atoms with E-state index in [0.29, 0.717) is 5.69 Å². The van der Waals surface area contributed by atoms with Crippen LogP contribution in [0.25, 0.3) is 0 Å². The highest BCUT2D eigenvalue weighted by molar-refractivity contribution is 7.78. The monoisotopic (exact) mass is 288 g/mol. The van der Waals surface area contributed by atoms with E-state index >= 15 is 0 Å². The van der Waals surface area contributed by atoms with Gasteiger partial charge in [0.05, 0.1) is 17.4 Å². The fourth-order valence-corrected chi connectivity index (χ4v) is 1.39. The molecule has 0 bridgehead atoms. The first-order chi connectivity index (χ1) is 9.40. The summed E-state index contributed by atoms with van der Waals surface area (Å²) < 4.78 is 5.09. The number of carbonyl (C=O) groups excluding carboxylic acids is 1. The van der Waals surface area contributed by atoms with Gasteiger partial charge in [-0.05, 0) is 51.2 Å². The Hall–Kier alpha value is -2.15. The summed E-state index contributed by atoms with van der Waals surface area (Å²) in [7, 11) is 0. The minimum Gasteiger partial charge on any atom is -0.444 e. The highest BCUT2D eigenvalue weighted by atomic mass is 32.1. The van der Waals surface area contributed by atoms with Gasteiger partial charge in [-0.1, -0.05) is 17.9 Å². The van der Waals surface area contributed by atoms with Gasteiger partial charge in [0.2, 0.25) is 0 Å². The minimum absolute atomic E-state index is 0.218. The van der Waals surface area contributed by atoms with Crippen LogP contribution < -0.4 is 5.32 Å². The molecule has 0 aliphatic heterocycles. The second kappa shape index (κ2) is 7.44. The van der Waals surface area contributed by atoms with Crippen LogP contribution in [-0.4, -0.2) is 23.4 Å². The van der Waals surface area contributed by atoms with E-state index in [1.165, 1.54) is 0 Å². The smallest absolute Gasteiger partial charge is 0.408 e. The van der Waals surface area contributed by atoms with Crippen LogP contribution in [0, 0.1) is 11.8 Å². The van der Waals surface area contributed by atoms with Crippen molar-refractivity contribution in [2.75, 3.05) is 6.54 Å². The highest BCUT2D eigenvalue weighted by Gasteiger charge is 2.14. The number of thiocarbonyl (C=S) groups is 1. The third kappa shape index (κ3) is 6.69. The maximum absolute atomic E-state index is 11.4. The van der Waals surface area contributed by atoms with Crippen molar-refractivity contribution < 1.29 is 9.53 Å². The van der Waals surface area contributed by atoms with Crippen molar-refractivity contribution in [2.24, 2.45) is 4.99 Å². The molecule has 0 atom stereocenters. The molecule has 5 heteroatoms. The first-order valence-corrected chi connectivity index (χ1v) is 6.45. The van der Waals surface area contributed by atoms with Crippen molar-refractivity contribution in [3.05, 3.63) is 29.8 Å². The van der Waals surface area contributed by atoms with Gasteiger partial charge in [0.1, 0.15) is 5.60 Å². The Labute approximate surface area is 124 Å². The lowest BCUT2D eigenvalue weighted by Gasteiger charge is -2.18. The van der Waals surface area contributed by atoms with Crippen LogP contribution in [0.2, 0.25) is 0 Å². The van der Waals surface area contributed by atoms with E-state index in [1.54, 1.807) is 26.8 Å². The van der Waals surface area contributed by atoms with Crippen LogP contribution in [0.5, 0.6) is 0 Å². The number of hydrogen-bond acceptors (Lipinski definition) is 4. The zero-order valence-corrected chi connectivity index (χ0v) is 12.5. The van der Waals surface area contributed by atoms with Gasteiger partial charge in [-0.2, -0.15) is 4.99 Å². The molecule has 0 heterocycles. The van der Waals surface area contributed by atoms with E-state index in [4.69, 9.17) is 4.74 Å². The number of aliphatic imine (C=N–C) groups is 1. The average molecular weight is 288 g/mol. The maximum atomic E-state index is 11.4. The van der Waals surface area contributed by atoms with Gasteiger partial charge in [-0.3, -0.25) is 0 Å². The van der Waals surface area contributed by atoms with Gasteiger partial charge in [0.15, 0.2) is 0 Å². The van der Waals surface area contributed by atoms with Crippen LogP contribution in [0.3, 0.4) is 0 Å².